The summed E-state index contributed by atoms with van der Waals surface area (Å²) in [4.78, 5) is 13.2. The second kappa shape index (κ2) is 7.15. The summed E-state index contributed by atoms with van der Waals surface area (Å²) < 4.78 is 0. The van der Waals surface area contributed by atoms with Gasteiger partial charge in [-0.2, -0.15) is 0 Å². The number of amides is 1. The number of rotatable bonds is 5. The lowest BCUT2D eigenvalue weighted by Crippen LogP contribution is -2.27. The molecule has 0 aromatic heterocycles. The fourth-order valence-electron chi connectivity index (χ4n) is 1.99. The van der Waals surface area contributed by atoms with Crippen molar-refractivity contribution in [2.45, 2.75) is 17.7 Å². The molecule has 2 rings (SSSR count). The first-order chi connectivity index (χ1) is 9.70. The Hall–Kier alpha value is -1.74. The van der Waals surface area contributed by atoms with Crippen LogP contribution >= 0.6 is 11.8 Å². The Labute approximate surface area is 124 Å². The second-order valence-corrected chi connectivity index (χ2v) is 5.63. The number of nitrogens with one attached hydrogen (secondary N) is 1. The van der Waals surface area contributed by atoms with Crippen LogP contribution in [-0.4, -0.2) is 18.7 Å². The van der Waals surface area contributed by atoms with Gasteiger partial charge in [0.05, 0.1) is 0 Å². The van der Waals surface area contributed by atoms with Gasteiger partial charge in [0.1, 0.15) is 0 Å². The van der Waals surface area contributed by atoms with E-state index in [4.69, 9.17) is 0 Å². The van der Waals surface area contributed by atoms with Crippen molar-refractivity contribution in [2.24, 2.45) is 0 Å². The molecule has 2 aromatic carbocycles. The number of thioether (sulfide) groups is 1. The summed E-state index contributed by atoms with van der Waals surface area (Å²) in [5, 5.41) is 2.99. The Bertz CT molecular complexity index is 551. The molecular weight excluding hydrogens is 266 g/mol. The zero-order valence-electron chi connectivity index (χ0n) is 11.8. The normalized spacial score (nSPS) is 11.9. The van der Waals surface area contributed by atoms with E-state index in [0.29, 0.717) is 18.0 Å². The van der Waals surface area contributed by atoms with Crippen molar-refractivity contribution in [1.82, 2.24) is 5.32 Å². The van der Waals surface area contributed by atoms with Crippen molar-refractivity contribution in [3.63, 3.8) is 0 Å². The van der Waals surface area contributed by atoms with E-state index >= 15 is 0 Å². The van der Waals surface area contributed by atoms with E-state index in [1.807, 2.05) is 48.7 Å². The molecule has 0 bridgehead atoms. The first-order valence-electron chi connectivity index (χ1n) is 6.68. The highest BCUT2D eigenvalue weighted by Crippen LogP contribution is 2.16. The van der Waals surface area contributed by atoms with Gasteiger partial charge in [0, 0.05) is 17.0 Å². The molecular formula is C17H19NOS. The fourth-order valence-corrected chi connectivity index (χ4v) is 2.40. The summed E-state index contributed by atoms with van der Waals surface area (Å²) in [5.74, 6) is 0.297. The molecule has 1 N–H and O–H groups in total. The average Bonchev–Trinajstić information content (AvgIpc) is 2.53. The van der Waals surface area contributed by atoms with Crippen LogP contribution in [0, 0.1) is 0 Å². The zero-order valence-corrected chi connectivity index (χ0v) is 12.6. The molecule has 0 aliphatic heterocycles. The predicted molar refractivity (Wildman–Crippen MR) is 85.4 cm³/mol. The lowest BCUT2D eigenvalue weighted by Gasteiger charge is -2.13. The lowest BCUT2D eigenvalue weighted by atomic mass is 10.0. The molecule has 0 fully saturated rings. The van der Waals surface area contributed by atoms with Gasteiger partial charge >= 0.3 is 0 Å². The highest BCUT2D eigenvalue weighted by Gasteiger charge is 2.09. The van der Waals surface area contributed by atoms with Crippen molar-refractivity contribution >= 4 is 17.7 Å². The maximum Gasteiger partial charge on any atom is 0.251 e. The summed E-state index contributed by atoms with van der Waals surface area (Å²) in [6.45, 7) is 2.76. The first kappa shape index (κ1) is 14.7. The summed E-state index contributed by atoms with van der Waals surface area (Å²) in [6.07, 6.45) is 2.02. The monoisotopic (exact) mass is 285 g/mol. The average molecular weight is 285 g/mol. The minimum atomic E-state index is -0.0135. The molecule has 2 aromatic rings. The molecule has 0 heterocycles. The van der Waals surface area contributed by atoms with Gasteiger partial charge in [-0.3, -0.25) is 4.79 Å². The third-order valence-corrected chi connectivity index (χ3v) is 4.03. The Kier molecular flexibility index (Phi) is 5.24. The summed E-state index contributed by atoms with van der Waals surface area (Å²) in [7, 11) is 0. The third-order valence-electron chi connectivity index (χ3n) is 3.29. The van der Waals surface area contributed by atoms with Gasteiger partial charge in [-0.15, -0.1) is 11.8 Å². The Morgan fingerprint density at radius 3 is 2.35 bits per heavy atom. The van der Waals surface area contributed by atoms with E-state index in [-0.39, 0.29) is 5.91 Å². The van der Waals surface area contributed by atoms with Gasteiger partial charge in [0.25, 0.3) is 5.91 Å². The van der Waals surface area contributed by atoms with Gasteiger partial charge in [-0.25, -0.2) is 0 Å². The zero-order chi connectivity index (χ0) is 14.4. The third kappa shape index (κ3) is 3.87. The maximum absolute atomic E-state index is 12.1. The van der Waals surface area contributed by atoms with Gasteiger partial charge < -0.3 is 5.32 Å². The van der Waals surface area contributed by atoms with Crippen LogP contribution in [0.15, 0.2) is 59.5 Å². The van der Waals surface area contributed by atoms with E-state index < -0.39 is 0 Å². The number of hydrogen-bond donors (Lipinski definition) is 1. The van der Waals surface area contributed by atoms with E-state index in [2.05, 4.69) is 24.4 Å². The number of carbonyl (C=O) groups is 1. The van der Waals surface area contributed by atoms with Crippen LogP contribution in [0.3, 0.4) is 0 Å². The molecule has 0 spiro atoms. The van der Waals surface area contributed by atoms with Crippen LogP contribution in [0.25, 0.3) is 0 Å². The molecule has 1 amide bonds. The van der Waals surface area contributed by atoms with Gasteiger partial charge in [0.15, 0.2) is 0 Å². The van der Waals surface area contributed by atoms with Crippen molar-refractivity contribution in [1.29, 1.82) is 0 Å². The van der Waals surface area contributed by atoms with Crippen LogP contribution in [0.5, 0.6) is 0 Å². The predicted octanol–water partition coefficient (Wildman–Crippen LogP) is 3.94. The molecule has 0 aliphatic carbocycles. The van der Waals surface area contributed by atoms with Gasteiger partial charge in [-0.05, 0) is 42.0 Å². The van der Waals surface area contributed by atoms with E-state index in [9.17, 15) is 4.79 Å². The van der Waals surface area contributed by atoms with E-state index in [0.717, 1.165) is 0 Å². The Morgan fingerprint density at radius 1 is 1.10 bits per heavy atom. The molecule has 0 radical (unpaired) electrons. The van der Waals surface area contributed by atoms with Crippen molar-refractivity contribution < 1.29 is 4.79 Å². The van der Waals surface area contributed by atoms with Crippen molar-refractivity contribution in [3.8, 4) is 0 Å². The van der Waals surface area contributed by atoms with E-state index in [1.54, 1.807) is 11.8 Å². The number of carbonyl (C=O) groups excluding carboxylic acids is 1. The largest absolute Gasteiger partial charge is 0.351 e. The molecule has 1 atom stereocenters. The molecule has 0 unspecified atom stereocenters. The lowest BCUT2D eigenvalue weighted by molar-refractivity contribution is 0.0951. The topological polar surface area (TPSA) is 29.1 Å². The SMILES string of the molecule is CSc1ccc(C(=O)NC[C@H](C)c2ccccc2)cc1. The van der Waals surface area contributed by atoms with Gasteiger partial charge in [0.2, 0.25) is 0 Å². The molecule has 104 valence electrons. The van der Waals surface area contributed by atoms with Crippen LogP contribution < -0.4 is 5.32 Å². The summed E-state index contributed by atoms with van der Waals surface area (Å²) in [6, 6.07) is 17.9. The molecule has 0 saturated carbocycles. The van der Waals surface area contributed by atoms with Crippen LogP contribution in [-0.2, 0) is 0 Å². The standard InChI is InChI=1S/C17H19NOS/c1-13(14-6-4-3-5-7-14)12-18-17(19)15-8-10-16(20-2)11-9-15/h3-11,13H,12H2,1-2H3,(H,18,19)/t13-/m0/s1. The highest BCUT2D eigenvalue weighted by atomic mass is 32.2. The molecule has 3 heteroatoms. The highest BCUT2D eigenvalue weighted by molar-refractivity contribution is 7.98. The minimum Gasteiger partial charge on any atom is -0.351 e. The van der Waals surface area contributed by atoms with E-state index in [1.165, 1.54) is 10.5 Å². The van der Waals surface area contributed by atoms with Crippen LogP contribution in [0.1, 0.15) is 28.8 Å². The Balaban J connectivity index is 1.91. The molecule has 0 aliphatic rings. The first-order valence-corrected chi connectivity index (χ1v) is 7.90. The molecule has 20 heavy (non-hydrogen) atoms. The minimum absolute atomic E-state index is 0.0135. The van der Waals surface area contributed by atoms with Crippen LogP contribution in [0.2, 0.25) is 0 Å². The molecule has 0 saturated heterocycles. The Morgan fingerprint density at radius 2 is 1.75 bits per heavy atom. The van der Waals surface area contributed by atoms with Crippen LogP contribution in [0.4, 0.5) is 0 Å². The van der Waals surface area contributed by atoms with Crippen molar-refractivity contribution in [3.05, 3.63) is 65.7 Å². The smallest absolute Gasteiger partial charge is 0.251 e. The number of benzene rings is 2. The summed E-state index contributed by atoms with van der Waals surface area (Å²) in [5.41, 5.74) is 1.95. The fraction of sp³-hybridized carbons (Fsp3) is 0.235. The summed E-state index contributed by atoms with van der Waals surface area (Å²) >= 11 is 1.67. The van der Waals surface area contributed by atoms with Gasteiger partial charge in [-0.1, -0.05) is 37.3 Å². The maximum atomic E-state index is 12.1. The number of hydrogen-bond acceptors (Lipinski definition) is 2. The molecule has 2 nitrogen and oxygen atoms in total. The van der Waals surface area contributed by atoms with Crippen molar-refractivity contribution in [2.75, 3.05) is 12.8 Å². The second-order valence-electron chi connectivity index (χ2n) is 4.75. The quantitative estimate of drug-likeness (QED) is 0.843.